The van der Waals surface area contributed by atoms with Crippen LogP contribution in [0.5, 0.6) is 0 Å². The Hall–Kier alpha value is -2.40. The fourth-order valence-corrected chi connectivity index (χ4v) is 4.54. The zero-order valence-electron chi connectivity index (χ0n) is 16.0. The molecular weight excluding hydrogens is 374 g/mol. The number of aryl methyl sites for hydroxylation is 1. The number of halogens is 1. The first-order valence-electron chi connectivity index (χ1n) is 9.78. The Balaban J connectivity index is 1.47. The third-order valence-electron chi connectivity index (χ3n) is 5.85. The van der Waals surface area contributed by atoms with Gasteiger partial charge in [-0.1, -0.05) is 29.8 Å². The number of nitrogens with zero attached hydrogens (tertiary/aromatic N) is 3. The molecule has 0 radical (unpaired) electrons. The number of carbonyl (C=O) groups is 2. The highest BCUT2D eigenvalue weighted by Crippen LogP contribution is 2.32. The van der Waals surface area contributed by atoms with Crippen LogP contribution in [0.25, 0.3) is 0 Å². The van der Waals surface area contributed by atoms with Gasteiger partial charge >= 0.3 is 0 Å². The molecule has 0 bridgehead atoms. The fourth-order valence-electron chi connectivity index (χ4n) is 4.34. The monoisotopic (exact) mass is 397 g/mol. The van der Waals surface area contributed by atoms with Crippen LogP contribution in [-0.4, -0.2) is 52.3 Å². The minimum Gasteiger partial charge on any atom is -0.337 e. The van der Waals surface area contributed by atoms with Crippen molar-refractivity contribution in [1.29, 1.82) is 0 Å². The number of amides is 2. The van der Waals surface area contributed by atoms with E-state index in [2.05, 4.69) is 4.98 Å². The van der Waals surface area contributed by atoms with Gasteiger partial charge in [0.05, 0.1) is 18.0 Å². The van der Waals surface area contributed by atoms with E-state index in [0.717, 1.165) is 30.6 Å². The molecule has 6 heteroatoms. The zero-order chi connectivity index (χ0) is 19.7. The highest BCUT2D eigenvalue weighted by atomic mass is 35.5. The van der Waals surface area contributed by atoms with Crippen molar-refractivity contribution in [2.45, 2.75) is 32.2 Å². The van der Waals surface area contributed by atoms with Gasteiger partial charge in [0.2, 0.25) is 5.91 Å². The summed E-state index contributed by atoms with van der Waals surface area (Å²) >= 11 is 6.23. The number of carbonyl (C=O) groups excluding carboxylic acids is 2. The first-order chi connectivity index (χ1) is 13.5. The maximum atomic E-state index is 13.0. The minimum atomic E-state index is 0.000373. The summed E-state index contributed by atoms with van der Waals surface area (Å²) in [4.78, 5) is 34.0. The van der Waals surface area contributed by atoms with Gasteiger partial charge < -0.3 is 9.80 Å². The maximum absolute atomic E-state index is 13.0. The molecule has 0 N–H and O–H groups in total. The van der Waals surface area contributed by atoms with Crippen molar-refractivity contribution < 1.29 is 9.59 Å². The van der Waals surface area contributed by atoms with Gasteiger partial charge in [0, 0.05) is 36.5 Å². The zero-order valence-corrected chi connectivity index (χ0v) is 16.7. The summed E-state index contributed by atoms with van der Waals surface area (Å²) in [6, 6.07) is 11.3. The standard InChI is InChI=1S/C22H24ClN3O2/c1-15-8-9-17(12-24-15)22(28)25-13-18-6-4-10-26(20(18)14-25)21(27)11-16-5-2-3-7-19(16)23/h2-3,5,7-9,12,18,20H,4,6,10-11,13-14H2,1H3/t18-,20+/m0/s1. The van der Waals surface area contributed by atoms with Crippen molar-refractivity contribution in [3.63, 3.8) is 0 Å². The Bertz CT molecular complexity index is 884. The van der Waals surface area contributed by atoms with Crippen molar-refractivity contribution in [3.05, 3.63) is 64.4 Å². The Morgan fingerprint density at radius 2 is 2.00 bits per heavy atom. The molecule has 0 spiro atoms. The van der Waals surface area contributed by atoms with E-state index in [4.69, 9.17) is 11.6 Å². The molecule has 2 aliphatic heterocycles. The molecule has 1 aromatic carbocycles. The molecule has 2 saturated heterocycles. The summed E-state index contributed by atoms with van der Waals surface area (Å²) in [7, 11) is 0. The highest BCUT2D eigenvalue weighted by Gasteiger charge is 2.42. The Kier molecular flexibility index (Phi) is 5.36. The molecule has 5 nitrogen and oxygen atoms in total. The van der Waals surface area contributed by atoms with Crippen LogP contribution in [0, 0.1) is 12.8 Å². The number of pyridine rings is 1. The van der Waals surface area contributed by atoms with Gasteiger partial charge in [0.25, 0.3) is 5.91 Å². The molecule has 4 rings (SSSR count). The van der Waals surface area contributed by atoms with E-state index in [1.807, 2.05) is 53.1 Å². The number of fused-ring (bicyclic) bond motifs is 1. The number of hydrogen-bond acceptors (Lipinski definition) is 3. The third-order valence-corrected chi connectivity index (χ3v) is 6.21. The summed E-state index contributed by atoms with van der Waals surface area (Å²) in [5, 5.41) is 0.625. The van der Waals surface area contributed by atoms with Gasteiger partial charge in [-0.2, -0.15) is 0 Å². The molecule has 2 aliphatic rings. The Morgan fingerprint density at radius 3 is 2.75 bits per heavy atom. The van der Waals surface area contributed by atoms with E-state index < -0.39 is 0 Å². The smallest absolute Gasteiger partial charge is 0.255 e. The molecule has 0 saturated carbocycles. The van der Waals surface area contributed by atoms with Gasteiger partial charge in [-0.15, -0.1) is 0 Å². The van der Waals surface area contributed by atoms with Crippen molar-refractivity contribution >= 4 is 23.4 Å². The van der Waals surface area contributed by atoms with Crippen molar-refractivity contribution in [2.75, 3.05) is 19.6 Å². The number of benzene rings is 1. The fraction of sp³-hybridized carbons (Fsp3) is 0.409. The number of piperidine rings is 1. The average molecular weight is 398 g/mol. The van der Waals surface area contributed by atoms with Crippen molar-refractivity contribution in [2.24, 2.45) is 5.92 Å². The summed E-state index contributed by atoms with van der Waals surface area (Å²) in [5.41, 5.74) is 2.36. The Morgan fingerprint density at radius 1 is 1.18 bits per heavy atom. The normalized spacial score (nSPS) is 21.5. The number of rotatable bonds is 3. The van der Waals surface area contributed by atoms with Gasteiger partial charge in [0.1, 0.15) is 0 Å². The second-order valence-electron chi connectivity index (χ2n) is 7.72. The molecule has 2 fully saturated rings. The summed E-state index contributed by atoms with van der Waals surface area (Å²) in [6.45, 7) is 3.94. The SMILES string of the molecule is Cc1ccc(C(=O)N2C[C@@H]3CCCN(C(=O)Cc4ccccc4Cl)[C@@H]3C2)cn1. The summed E-state index contributed by atoms with van der Waals surface area (Å²) < 4.78 is 0. The molecule has 1 aromatic heterocycles. The van der Waals surface area contributed by atoms with E-state index in [1.54, 1.807) is 6.20 Å². The van der Waals surface area contributed by atoms with Gasteiger partial charge in [0.15, 0.2) is 0 Å². The first-order valence-corrected chi connectivity index (χ1v) is 10.2. The second-order valence-corrected chi connectivity index (χ2v) is 8.13. The van der Waals surface area contributed by atoms with Crippen LogP contribution in [-0.2, 0) is 11.2 Å². The molecule has 2 aromatic rings. The number of hydrogen-bond donors (Lipinski definition) is 0. The van der Waals surface area contributed by atoms with Crippen LogP contribution in [0.1, 0.15) is 34.5 Å². The van der Waals surface area contributed by atoms with Gasteiger partial charge in [-0.25, -0.2) is 0 Å². The van der Waals surface area contributed by atoms with Crippen LogP contribution in [0.3, 0.4) is 0 Å². The van der Waals surface area contributed by atoms with E-state index >= 15 is 0 Å². The lowest BCUT2D eigenvalue weighted by molar-refractivity contribution is -0.134. The van der Waals surface area contributed by atoms with Crippen LogP contribution in [0.15, 0.2) is 42.6 Å². The minimum absolute atomic E-state index is 0.000373. The highest BCUT2D eigenvalue weighted by molar-refractivity contribution is 6.31. The number of aromatic nitrogens is 1. The lowest BCUT2D eigenvalue weighted by Gasteiger charge is -2.37. The lowest BCUT2D eigenvalue weighted by atomic mass is 9.91. The molecule has 146 valence electrons. The number of likely N-dealkylation sites (tertiary alicyclic amines) is 2. The molecule has 0 aliphatic carbocycles. The predicted molar refractivity (Wildman–Crippen MR) is 108 cm³/mol. The second kappa shape index (κ2) is 7.92. The quantitative estimate of drug-likeness (QED) is 0.798. The average Bonchev–Trinajstić information content (AvgIpc) is 3.14. The molecular formula is C22H24ClN3O2. The molecule has 2 amide bonds. The lowest BCUT2D eigenvalue weighted by Crippen LogP contribution is -2.49. The van der Waals surface area contributed by atoms with Crippen LogP contribution in [0.2, 0.25) is 5.02 Å². The van der Waals surface area contributed by atoms with Crippen molar-refractivity contribution in [1.82, 2.24) is 14.8 Å². The van der Waals surface area contributed by atoms with Crippen LogP contribution < -0.4 is 0 Å². The van der Waals surface area contributed by atoms with Crippen LogP contribution in [0.4, 0.5) is 0 Å². The predicted octanol–water partition coefficient (Wildman–Crippen LogP) is 3.35. The summed E-state index contributed by atoms with van der Waals surface area (Å²) in [5.74, 6) is 0.431. The van der Waals surface area contributed by atoms with Crippen LogP contribution >= 0.6 is 11.6 Å². The topological polar surface area (TPSA) is 53.5 Å². The van der Waals surface area contributed by atoms with Gasteiger partial charge in [-0.05, 0) is 49.4 Å². The summed E-state index contributed by atoms with van der Waals surface area (Å²) in [6.07, 6.45) is 3.97. The largest absolute Gasteiger partial charge is 0.337 e. The molecule has 2 atom stereocenters. The molecule has 28 heavy (non-hydrogen) atoms. The first kappa shape index (κ1) is 18.9. The van der Waals surface area contributed by atoms with E-state index in [9.17, 15) is 9.59 Å². The van der Waals surface area contributed by atoms with E-state index in [1.165, 1.54) is 0 Å². The molecule has 0 unspecified atom stereocenters. The van der Waals surface area contributed by atoms with Gasteiger partial charge in [-0.3, -0.25) is 14.6 Å². The maximum Gasteiger partial charge on any atom is 0.255 e. The van der Waals surface area contributed by atoms with E-state index in [-0.39, 0.29) is 17.9 Å². The van der Waals surface area contributed by atoms with Crippen molar-refractivity contribution in [3.8, 4) is 0 Å². The molecule has 3 heterocycles. The Labute approximate surface area is 170 Å². The third kappa shape index (κ3) is 3.76. The van der Waals surface area contributed by atoms with E-state index in [0.29, 0.717) is 36.0 Å².